The van der Waals surface area contributed by atoms with Crippen molar-refractivity contribution in [1.82, 2.24) is 4.90 Å². The number of rotatable bonds is 9. The van der Waals surface area contributed by atoms with Crippen LogP contribution in [-0.4, -0.2) is 43.9 Å². The minimum absolute atomic E-state index is 0.0491. The molecule has 0 saturated carbocycles. The fourth-order valence-corrected chi connectivity index (χ4v) is 2.63. The molecule has 1 amide bonds. The van der Waals surface area contributed by atoms with E-state index in [0.717, 1.165) is 5.56 Å². The van der Waals surface area contributed by atoms with Crippen LogP contribution >= 0.6 is 0 Å². The number of anilines is 1. The first-order valence-corrected chi connectivity index (χ1v) is 8.49. The van der Waals surface area contributed by atoms with Gasteiger partial charge in [-0.3, -0.25) is 14.5 Å². The van der Waals surface area contributed by atoms with Crippen LogP contribution in [0.15, 0.2) is 42.5 Å². The van der Waals surface area contributed by atoms with Gasteiger partial charge >= 0.3 is 6.61 Å². The van der Waals surface area contributed by atoms with E-state index < -0.39 is 6.61 Å². The van der Waals surface area contributed by atoms with E-state index in [0.29, 0.717) is 17.8 Å². The van der Waals surface area contributed by atoms with Gasteiger partial charge in [0.05, 0.1) is 13.7 Å². The molecule has 150 valence electrons. The maximum Gasteiger partial charge on any atom is 0.387 e. The van der Waals surface area contributed by atoms with Crippen molar-refractivity contribution in [3.63, 3.8) is 0 Å². The zero-order chi connectivity index (χ0) is 20.7. The van der Waals surface area contributed by atoms with Gasteiger partial charge in [-0.1, -0.05) is 18.2 Å². The number of alkyl halides is 2. The number of halogens is 2. The lowest BCUT2D eigenvalue weighted by atomic mass is 10.1. The summed E-state index contributed by atoms with van der Waals surface area (Å²) in [5.41, 5.74) is 1.83. The number of hydrogen-bond donors (Lipinski definition) is 1. The average Bonchev–Trinajstić information content (AvgIpc) is 2.62. The molecule has 0 aliphatic carbocycles. The molecule has 0 saturated heterocycles. The summed E-state index contributed by atoms with van der Waals surface area (Å²) in [4.78, 5) is 25.4. The summed E-state index contributed by atoms with van der Waals surface area (Å²) in [6.45, 7) is -0.984. The summed E-state index contributed by atoms with van der Waals surface area (Å²) >= 11 is 0. The minimum atomic E-state index is -2.94. The van der Waals surface area contributed by atoms with Crippen LogP contribution in [0.2, 0.25) is 0 Å². The molecule has 28 heavy (non-hydrogen) atoms. The quantitative estimate of drug-likeness (QED) is 0.661. The Hall–Kier alpha value is -3.00. The third-order valence-electron chi connectivity index (χ3n) is 3.86. The Morgan fingerprint density at radius 1 is 1.14 bits per heavy atom. The summed E-state index contributed by atoms with van der Waals surface area (Å²) in [6, 6.07) is 11.3. The largest absolute Gasteiger partial charge is 0.493 e. The molecule has 0 aliphatic heterocycles. The number of ketones is 1. The lowest BCUT2D eigenvalue weighted by Gasteiger charge is -2.18. The van der Waals surface area contributed by atoms with E-state index in [9.17, 15) is 18.4 Å². The van der Waals surface area contributed by atoms with Crippen LogP contribution in [0.5, 0.6) is 11.5 Å². The molecule has 0 heterocycles. The van der Waals surface area contributed by atoms with Gasteiger partial charge in [-0.05, 0) is 43.8 Å². The van der Waals surface area contributed by atoms with Crippen molar-refractivity contribution in [2.75, 3.05) is 26.0 Å². The van der Waals surface area contributed by atoms with Crippen LogP contribution < -0.4 is 14.8 Å². The Morgan fingerprint density at radius 2 is 1.89 bits per heavy atom. The molecule has 0 radical (unpaired) electrons. The Labute approximate surface area is 162 Å². The van der Waals surface area contributed by atoms with Gasteiger partial charge in [-0.15, -0.1) is 0 Å². The van der Waals surface area contributed by atoms with Gasteiger partial charge in [0.25, 0.3) is 0 Å². The Bertz CT molecular complexity index is 843. The molecule has 0 unspecified atom stereocenters. The predicted octanol–water partition coefficient (Wildman–Crippen LogP) is 3.57. The van der Waals surface area contributed by atoms with Crippen molar-refractivity contribution < 1.29 is 27.8 Å². The molecule has 0 fully saturated rings. The summed E-state index contributed by atoms with van der Waals surface area (Å²) in [5, 5.41) is 2.75. The second-order valence-corrected chi connectivity index (χ2v) is 6.22. The molecule has 2 aromatic carbocycles. The van der Waals surface area contributed by atoms with Gasteiger partial charge in [-0.2, -0.15) is 8.78 Å². The molecule has 0 atom stereocenters. The van der Waals surface area contributed by atoms with Gasteiger partial charge in [0, 0.05) is 17.8 Å². The van der Waals surface area contributed by atoms with Gasteiger partial charge in [-0.25, -0.2) is 0 Å². The molecule has 1 N–H and O–H groups in total. The van der Waals surface area contributed by atoms with Crippen molar-refractivity contribution >= 4 is 17.4 Å². The fraction of sp³-hybridized carbons (Fsp3) is 0.300. The van der Waals surface area contributed by atoms with Crippen molar-refractivity contribution in [1.29, 1.82) is 0 Å². The highest BCUT2D eigenvalue weighted by Crippen LogP contribution is 2.29. The number of hydrogen-bond acceptors (Lipinski definition) is 5. The molecule has 2 rings (SSSR count). The molecule has 6 nitrogen and oxygen atoms in total. The highest BCUT2D eigenvalue weighted by Gasteiger charge is 2.13. The number of benzene rings is 2. The summed E-state index contributed by atoms with van der Waals surface area (Å²) < 4.78 is 34.2. The van der Waals surface area contributed by atoms with Crippen LogP contribution in [-0.2, 0) is 11.3 Å². The smallest absolute Gasteiger partial charge is 0.387 e. The second-order valence-electron chi connectivity index (χ2n) is 6.22. The number of methoxy groups -OCH3 is 1. The Kier molecular flexibility index (Phi) is 7.45. The standard InChI is InChI=1S/C20H22F2N2O4/c1-13(25)15-5-4-6-16(10-15)23-19(26)12-24(2)11-14-7-8-17(28-20(21)22)18(9-14)27-3/h4-10,20H,11-12H2,1-3H3,(H,23,26). The van der Waals surface area contributed by atoms with E-state index in [1.54, 1.807) is 48.3 Å². The van der Waals surface area contributed by atoms with Crippen molar-refractivity contribution in [3.8, 4) is 11.5 Å². The van der Waals surface area contributed by atoms with Gasteiger partial charge < -0.3 is 14.8 Å². The summed E-state index contributed by atoms with van der Waals surface area (Å²) in [7, 11) is 3.12. The van der Waals surface area contributed by atoms with Crippen LogP contribution in [0.4, 0.5) is 14.5 Å². The SMILES string of the molecule is COc1cc(CN(C)CC(=O)Nc2cccc(C(C)=O)c2)ccc1OC(F)F. The highest BCUT2D eigenvalue weighted by molar-refractivity contribution is 5.97. The Balaban J connectivity index is 1.96. The molecule has 0 aromatic heterocycles. The first-order valence-electron chi connectivity index (χ1n) is 8.49. The molecule has 0 spiro atoms. The molecule has 2 aromatic rings. The van der Waals surface area contributed by atoms with Crippen LogP contribution in [0.3, 0.4) is 0 Å². The second kappa shape index (κ2) is 9.80. The monoisotopic (exact) mass is 392 g/mol. The Morgan fingerprint density at radius 3 is 2.54 bits per heavy atom. The third-order valence-corrected chi connectivity index (χ3v) is 3.86. The number of nitrogens with one attached hydrogen (secondary N) is 1. The van der Waals surface area contributed by atoms with Crippen molar-refractivity contribution in [2.45, 2.75) is 20.1 Å². The molecule has 8 heteroatoms. The molecular weight excluding hydrogens is 370 g/mol. The number of carbonyl (C=O) groups is 2. The molecule has 0 aliphatic rings. The normalized spacial score (nSPS) is 10.8. The van der Waals surface area contributed by atoms with Gasteiger partial charge in [0.2, 0.25) is 5.91 Å². The summed E-state index contributed by atoms with van der Waals surface area (Å²) in [5.74, 6) is -0.182. The number of nitrogens with zero attached hydrogens (tertiary/aromatic N) is 1. The minimum Gasteiger partial charge on any atom is -0.493 e. The summed E-state index contributed by atoms with van der Waals surface area (Å²) in [6.07, 6.45) is 0. The maximum absolute atomic E-state index is 12.4. The van der Waals surface area contributed by atoms with Crippen LogP contribution in [0.25, 0.3) is 0 Å². The highest BCUT2D eigenvalue weighted by atomic mass is 19.3. The number of ether oxygens (including phenoxy) is 2. The number of amides is 1. The number of carbonyl (C=O) groups excluding carboxylic acids is 2. The van der Waals surface area contributed by atoms with Gasteiger partial charge in [0.15, 0.2) is 17.3 Å². The van der Waals surface area contributed by atoms with E-state index in [2.05, 4.69) is 10.1 Å². The average molecular weight is 392 g/mol. The van der Waals surface area contributed by atoms with E-state index >= 15 is 0 Å². The maximum atomic E-state index is 12.4. The first-order chi connectivity index (χ1) is 13.3. The zero-order valence-electron chi connectivity index (χ0n) is 15.9. The first kappa shape index (κ1) is 21.3. The van der Waals surface area contributed by atoms with Crippen LogP contribution in [0, 0.1) is 0 Å². The number of Topliss-reactive ketones (excluding diaryl/α,β-unsaturated/α-hetero) is 1. The van der Waals surface area contributed by atoms with E-state index in [1.165, 1.54) is 20.1 Å². The topological polar surface area (TPSA) is 67.9 Å². The molecular formula is C20H22F2N2O4. The molecule has 0 bridgehead atoms. The van der Waals surface area contributed by atoms with Gasteiger partial charge in [0.1, 0.15) is 0 Å². The number of likely N-dealkylation sites (N-methyl/N-ethyl adjacent to an activating group) is 1. The van der Waals surface area contributed by atoms with E-state index in [-0.39, 0.29) is 29.7 Å². The van der Waals surface area contributed by atoms with E-state index in [4.69, 9.17) is 4.74 Å². The van der Waals surface area contributed by atoms with Crippen LogP contribution in [0.1, 0.15) is 22.8 Å². The van der Waals surface area contributed by atoms with E-state index in [1.807, 2.05) is 0 Å². The lowest BCUT2D eigenvalue weighted by molar-refractivity contribution is -0.117. The zero-order valence-corrected chi connectivity index (χ0v) is 15.9. The predicted molar refractivity (Wildman–Crippen MR) is 101 cm³/mol. The van der Waals surface area contributed by atoms with Crippen molar-refractivity contribution in [2.24, 2.45) is 0 Å². The van der Waals surface area contributed by atoms with Crippen molar-refractivity contribution in [3.05, 3.63) is 53.6 Å². The lowest BCUT2D eigenvalue weighted by Crippen LogP contribution is -2.29. The fourth-order valence-electron chi connectivity index (χ4n) is 2.63. The third kappa shape index (κ3) is 6.31.